The molecule has 1 atom stereocenters. The first-order valence-electron chi connectivity index (χ1n) is 4.17. The van der Waals surface area contributed by atoms with Crippen molar-refractivity contribution in [2.24, 2.45) is 0 Å². The molecule has 0 radical (unpaired) electrons. The molecule has 0 spiro atoms. The maximum Gasteiger partial charge on any atom is 0.353 e. The van der Waals surface area contributed by atoms with E-state index in [1.807, 2.05) is 0 Å². The third kappa shape index (κ3) is 2.78. The minimum atomic E-state index is -1.14. The van der Waals surface area contributed by atoms with Crippen LogP contribution in [-0.4, -0.2) is 40.4 Å². The summed E-state index contributed by atoms with van der Waals surface area (Å²) in [7, 11) is 1.40. The average molecular weight is 213 g/mol. The number of methoxy groups -OCH3 is 1. The zero-order chi connectivity index (χ0) is 11.4. The average Bonchev–Trinajstić information content (AvgIpc) is 2.65. The Kier molecular flexibility index (Phi) is 3.40. The van der Waals surface area contributed by atoms with E-state index in [9.17, 15) is 9.59 Å². The van der Waals surface area contributed by atoms with Crippen LogP contribution in [0, 0.1) is 0 Å². The van der Waals surface area contributed by atoms with Crippen molar-refractivity contribution < 1.29 is 19.4 Å². The SMILES string of the molecule is COC(C)C(=O)Nc1cc(C(=O)O)[nH]n1. The first-order valence-corrected chi connectivity index (χ1v) is 4.17. The standard InChI is InChI=1S/C8H11N3O4/c1-4(15-2)7(12)9-6-3-5(8(13)14)10-11-6/h3-4H,1-2H3,(H,13,14)(H2,9,10,11,12). The van der Waals surface area contributed by atoms with Crippen LogP contribution < -0.4 is 5.32 Å². The second-order valence-electron chi connectivity index (χ2n) is 2.84. The Morgan fingerprint density at radius 2 is 2.33 bits per heavy atom. The van der Waals surface area contributed by atoms with Crippen molar-refractivity contribution in [2.75, 3.05) is 12.4 Å². The van der Waals surface area contributed by atoms with Gasteiger partial charge in [0.25, 0.3) is 5.91 Å². The molecule has 15 heavy (non-hydrogen) atoms. The molecule has 0 saturated heterocycles. The van der Waals surface area contributed by atoms with Gasteiger partial charge in [-0.15, -0.1) is 0 Å². The first-order chi connectivity index (χ1) is 7.04. The van der Waals surface area contributed by atoms with Gasteiger partial charge in [0.05, 0.1) is 0 Å². The fourth-order valence-corrected chi connectivity index (χ4v) is 0.830. The second kappa shape index (κ2) is 4.56. The number of carbonyl (C=O) groups is 2. The van der Waals surface area contributed by atoms with Gasteiger partial charge >= 0.3 is 5.97 Å². The van der Waals surface area contributed by atoms with E-state index in [-0.39, 0.29) is 17.4 Å². The Labute approximate surface area is 85.4 Å². The minimum absolute atomic E-state index is 0.0876. The number of aromatic amines is 1. The Bertz CT molecular complexity index is 374. The van der Waals surface area contributed by atoms with Crippen LogP contribution in [0.5, 0.6) is 0 Å². The molecule has 0 aliphatic carbocycles. The highest BCUT2D eigenvalue weighted by Crippen LogP contribution is 2.06. The Morgan fingerprint density at radius 3 is 2.80 bits per heavy atom. The van der Waals surface area contributed by atoms with E-state index >= 15 is 0 Å². The highest BCUT2D eigenvalue weighted by atomic mass is 16.5. The number of aromatic carboxylic acids is 1. The van der Waals surface area contributed by atoms with E-state index in [1.165, 1.54) is 13.2 Å². The molecule has 1 amide bonds. The van der Waals surface area contributed by atoms with Crippen molar-refractivity contribution in [3.63, 3.8) is 0 Å². The van der Waals surface area contributed by atoms with Crippen molar-refractivity contribution in [3.8, 4) is 0 Å². The van der Waals surface area contributed by atoms with Crippen LogP contribution in [0.4, 0.5) is 5.82 Å². The third-order valence-electron chi connectivity index (χ3n) is 1.78. The lowest BCUT2D eigenvalue weighted by molar-refractivity contribution is -0.124. The monoisotopic (exact) mass is 213 g/mol. The van der Waals surface area contributed by atoms with Crippen LogP contribution in [0.1, 0.15) is 17.4 Å². The molecule has 1 aromatic heterocycles. The molecule has 1 aromatic rings. The molecule has 7 nitrogen and oxygen atoms in total. The predicted molar refractivity (Wildman–Crippen MR) is 50.6 cm³/mol. The number of hydrogen-bond donors (Lipinski definition) is 3. The van der Waals surface area contributed by atoms with Gasteiger partial charge < -0.3 is 15.2 Å². The molecule has 0 saturated carbocycles. The van der Waals surface area contributed by atoms with Crippen molar-refractivity contribution in [1.82, 2.24) is 10.2 Å². The largest absolute Gasteiger partial charge is 0.477 e. The van der Waals surface area contributed by atoms with Crippen molar-refractivity contribution in [1.29, 1.82) is 0 Å². The maximum absolute atomic E-state index is 11.3. The van der Waals surface area contributed by atoms with Gasteiger partial charge in [0.15, 0.2) is 5.82 Å². The summed E-state index contributed by atoms with van der Waals surface area (Å²) in [4.78, 5) is 21.8. The van der Waals surface area contributed by atoms with Crippen LogP contribution >= 0.6 is 0 Å². The van der Waals surface area contributed by atoms with E-state index in [1.54, 1.807) is 6.92 Å². The molecule has 1 heterocycles. The van der Waals surface area contributed by atoms with Gasteiger partial charge in [0, 0.05) is 13.2 Å². The van der Waals surface area contributed by atoms with Gasteiger partial charge in [-0.2, -0.15) is 5.10 Å². The molecule has 7 heteroatoms. The number of amides is 1. The zero-order valence-corrected chi connectivity index (χ0v) is 8.27. The number of carbonyl (C=O) groups excluding carboxylic acids is 1. The van der Waals surface area contributed by atoms with Gasteiger partial charge in [-0.05, 0) is 6.92 Å². The number of aromatic nitrogens is 2. The fraction of sp³-hybridized carbons (Fsp3) is 0.375. The highest BCUT2D eigenvalue weighted by molar-refractivity contribution is 5.94. The summed E-state index contributed by atoms with van der Waals surface area (Å²) in [6.07, 6.45) is -0.616. The minimum Gasteiger partial charge on any atom is -0.477 e. The highest BCUT2D eigenvalue weighted by Gasteiger charge is 2.14. The number of nitrogens with zero attached hydrogens (tertiary/aromatic N) is 1. The maximum atomic E-state index is 11.3. The number of anilines is 1. The number of hydrogen-bond acceptors (Lipinski definition) is 4. The fourth-order valence-electron chi connectivity index (χ4n) is 0.830. The molecule has 0 fully saturated rings. The third-order valence-corrected chi connectivity index (χ3v) is 1.78. The number of rotatable bonds is 4. The van der Waals surface area contributed by atoms with Gasteiger partial charge in [-0.25, -0.2) is 4.79 Å². The molecular weight excluding hydrogens is 202 g/mol. The van der Waals surface area contributed by atoms with Crippen molar-refractivity contribution in [2.45, 2.75) is 13.0 Å². The summed E-state index contributed by atoms with van der Waals surface area (Å²) in [6, 6.07) is 1.22. The quantitative estimate of drug-likeness (QED) is 0.657. The number of nitrogens with one attached hydrogen (secondary N) is 2. The number of H-pyrrole nitrogens is 1. The van der Waals surface area contributed by atoms with Crippen molar-refractivity contribution >= 4 is 17.7 Å². The predicted octanol–water partition coefficient (Wildman–Crippen LogP) is 0.0813. The molecule has 0 aromatic carbocycles. The topological polar surface area (TPSA) is 104 Å². The summed E-state index contributed by atoms with van der Waals surface area (Å²) < 4.78 is 4.77. The Morgan fingerprint density at radius 1 is 1.67 bits per heavy atom. The summed E-state index contributed by atoms with van der Waals surface area (Å²) in [5.41, 5.74) is -0.0876. The number of carboxylic acid groups (broad SMARTS) is 1. The Balaban J connectivity index is 2.65. The molecule has 82 valence electrons. The lowest BCUT2D eigenvalue weighted by atomic mass is 10.3. The molecule has 0 bridgehead atoms. The Hall–Kier alpha value is -1.89. The lowest BCUT2D eigenvalue weighted by Gasteiger charge is -2.07. The van der Waals surface area contributed by atoms with Gasteiger partial charge in [0.2, 0.25) is 0 Å². The smallest absolute Gasteiger partial charge is 0.353 e. The lowest BCUT2D eigenvalue weighted by Crippen LogP contribution is -2.26. The normalized spacial score (nSPS) is 12.1. The first kappa shape index (κ1) is 11.2. The van der Waals surface area contributed by atoms with Crippen LogP contribution in [0.25, 0.3) is 0 Å². The molecule has 3 N–H and O–H groups in total. The number of ether oxygens (including phenoxy) is 1. The molecule has 1 unspecified atom stereocenters. The van der Waals surface area contributed by atoms with Gasteiger partial charge in [0.1, 0.15) is 11.8 Å². The van der Waals surface area contributed by atoms with Crippen LogP contribution in [0.3, 0.4) is 0 Å². The van der Waals surface area contributed by atoms with E-state index < -0.39 is 12.1 Å². The van der Waals surface area contributed by atoms with E-state index in [4.69, 9.17) is 9.84 Å². The van der Waals surface area contributed by atoms with Crippen LogP contribution in [0.15, 0.2) is 6.07 Å². The summed E-state index contributed by atoms with van der Waals surface area (Å²) in [6.45, 7) is 1.57. The molecule has 1 rings (SSSR count). The van der Waals surface area contributed by atoms with Crippen LogP contribution in [-0.2, 0) is 9.53 Å². The van der Waals surface area contributed by atoms with E-state index in [2.05, 4.69) is 15.5 Å². The molecule has 0 aliphatic rings. The summed E-state index contributed by atoms with van der Waals surface area (Å²) in [5.74, 6) is -1.37. The van der Waals surface area contributed by atoms with Crippen molar-refractivity contribution in [3.05, 3.63) is 11.8 Å². The zero-order valence-electron chi connectivity index (χ0n) is 8.27. The van der Waals surface area contributed by atoms with Crippen LogP contribution in [0.2, 0.25) is 0 Å². The number of carboxylic acids is 1. The summed E-state index contributed by atoms with van der Waals surface area (Å²) >= 11 is 0. The molecular formula is C8H11N3O4. The summed E-state index contributed by atoms with van der Waals surface area (Å²) in [5, 5.41) is 16.8. The van der Waals surface area contributed by atoms with E-state index in [0.717, 1.165) is 0 Å². The van der Waals surface area contributed by atoms with Gasteiger partial charge in [-0.1, -0.05) is 0 Å². The second-order valence-corrected chi connectivity index (χ2v) is 2.84. The van der Waals surface area contributed by atoms with E-state index in [0.29, 0.717) is 0 Å². The van der Waals surface area contributed by atoms with Gasteiger partial charge in [-0.3, -0.25) is 9.89 Å². The molecule has 0 aliphatic heterocycles.